The van der Waals surface area contributed by atoms with Crippen molar-refractivity contribution in [3.63, 3.8) is 0 Å². The van der Waals surface area contributed by atoms with Gasteiger partial charge in [-0.2, -0.15) is 0 Å². The molecule has 0 N–H and O–H groups in total. The second-order valence-electron chi connectivity index (χ2n) is 3.65. The number of rotatable bonds is 8. The van der Waals surface area contributed by atoms with Gasteiger partial charge >= 0.3 is 0 Å². The van der Waals surface area contributed by atoms with Crippen molar-refractivity contribution >= 4 is 0 Å². The molecule has 0 unspecified atom stereocenters. The highest BCUT2D eigenvalue weighted by atomic mass is 16.5. The molecule has 0 radical (unpaired) electrons. The fraction of sp³-hybridized carbons (Fsp3) is 0.429. The van der Waals surface area contributed by atoms with Gasteiger partial charge in [0.25, 0.3) is 0 Å². The number of methoxy groups -OCH3 is 1. The molecule has 0 saturated heterocycles. The lowest BCUT2D eigenvalue weighted by atomic mass is 10.1. The number of hydrogen-bond donors (Lipinski definition) is 0. The molecule has 0 amide bonds. The van der Waals surface area contributed by atoms with E-state index in [0.717, 1.165) is 12.0 Å². The van der Waals surface area contributed by atoms with Crippen molar-refractivity contribution < 1.29 is 9.47 Å². The first kappa shape index (κ1) is 14.7. The Morgan fingerprint density at radius 1 is 1.31 bits per heavy atom. The van der Waals surface area contributed by atoms with Crippen molar-refractivity contribution in [2.75, 3.05) is 13.7 Å². The van der Waals surface area contributed by atoms with Crippen LogP contribution in [0.5, 0.6) is 0 Å². The van der Waals surface area contributed by atoms with E-state index in [1.807, 2.05) is 32.1 Å². The van der Waals surface area contributed by atoms with E-state index >= 15 is 0 Å². The molecule has 90 valence electrons. The first-order valence-electron chi connectivity index (χ1n) is 5.44. The van der Waals surface area contributed by atoms with Crippen LogP contribution in [0.25, 0.3) is 0 Å². The van der Waals surface area contributed by atoms with Crippen molar-refractivity contribution in [1.29, 1.82) is 0 Å². The Kier molecular flexibility index (Phi) is 8.26. The number of hydrogen-bond acceptors (Lipinski definition) is 2. The van der Waals surface area contributed by atoms with E-state index in [2.05, 4.69) is 13.2 Å². The minimum absolute atomic E-state index is 0.267. The summed E-state index contributed by atoms with van der Waals surface area (Å²) >= 11 is 0. The molecular weight excluding hydrogens is 200 g/mol. The van der Waals surface area contributed by atoms with Gasteiger partial charge in [-0.05, 0) is 31.9 Å². The predicted molar refractivity (Wildman–Crippen MR) is 69.3 cm³/mol. The van der Waals surface area contributed by atoms with Crippen molar-refractivity contribution in [1.82, 2.24) is 0 Å². The summed E-state index contributed by atoms with van der Waals surface area (Å²) in [4.78, 5) is 0. The SMILES string of the molecule is C=C/C=C(\C=C/C(=C)OC)CCOC(C)C. The summed E-state index contributed by atoms with van der Waals surface area (Å²) < 4.78 is 10.4. The molecule has 16 heavy (non-hydrogen) atoms. The van der Waals surface area contributed by atoms with E-state index in [1.54, 1.807) is 13.2 Å². The van der Waals surface area contributed by atoms with Crippen LogP contribution in [0, 0.1) is 0 Å². The quantitative estimate of drug-likeness (QED) is 0.461. The van der Waals surface area contributed by atoms with Crippen LogP contribution in [0.4, 0.5) is 0 Å². The fourth-order valence-electron chi connectivity index (χ4n) is 1.05. The monoisotopic (exact) mass is 222 g/mol. The standard InChI is InChI=1S/C14H22O2/c1-6-7-14(9-8-13(4)15-5)10-11-16-12(2)3/h6-9,12H,1,4,10-11H2,2-3,5H3/b9-8-,14-7+. The van der Waals surface area contributed by atoms with Gasteiger partial charge in [0.2, 0.25) is 0 Å². The van der Waals surface area contributed by atoms with Crippen LogP contribution in [0.15, 0.2) is 48.8 Å². The summed E-state index contributed by atoms with van der Waals surface area (Å²) in [6, 6.07) is 0. The van der Waals surface area contributed by atoms with Crippen LogP contribution < -0.4 is 0 Å². The van der Waals surface area contributed by atoms with Crippen LogP contribution in [-0.2, 0) is 9.47 Å². The first-order valence-corrected chi connectivity index (χ1v) is 5.44. The molecule has 0 rings (SSSR count). The Morgan fingerprint density at radius 3 is 2.50 bits per heavy atom. The molecule has 0 aromatic rings. The third-order valence-electron chi connectivity index (χ3n) is 1.92. The van der Waals surface area contributed by atoms with Crippen molar-refractivity contribution in [2.24, 2.45) is 0 Å². The average Bonchev–Trinajstić information content (AvgIpc) is 2.24. The molecule has 0 aliphatic heterocycles. The maximum Gasteiger partial charge on any atom is 0.111 e. The topological polar surface area (TPSA) is 18.5 Å². The minimum atomic E-state index is 0.267. The normalized spacial score (nSPS) is 12.1. The Morgan fingerprint density at radius 2 is 2.00 bits per heavy atom. The molecule has 0 atom stereocenters. The van der Waals surface area contributed by atoms with E-state index in [1.165, 1.54) is 0 Å². The summed E-state index contributed by atoms with van der Waals surface area (Å²) in [5, 5.41) is 0. The lowest BCUT2D eigenvalue weighted by Crippen LogP contribution is -2.04. The molecule has 0 fully saturated rings. The Balaban J connectivity index is 4.18. The summed E-state index contributed by atoms with van der Waals surface area (Å²) in [6.07, 6.45) is 8.66. The van der Waals surface area contributed by atoms with Crippen molar-refractivity contribution in [3.8, 4) is 0 Å². The summed E-state index contributed by atoms with van der Waals surface area (Å²) in [6.45, 7) is 12.2. The van der Waals surface area contributed by atoms with Gasteiger partial charge < -0.3 is 9.47 Å². The molecule has 0 heterocycles. The van der Waals surface area contributed by atoms with Crippen molar-refractivity contribution in [2.45, 2.75) is 26.4 Å². The average molecular weight is 222 g/mol. The lowest BCUT2D eigenvalue weighted by molar-refractivity contribution is 0.0817. The molecule has 2 nitrogen and oxygen atoms in total. The maximum atomic E-state index is 5.49. The zero-order chi connectivity index (χ0) is 12.4. The van der Waals surface area contributed by atoms with Gasteiger partial charge in [0.15, 0.2) is 0 Å². The second kappa shape index (κ2) is 8.98. The first-order chi connectivity index (χ1) is 7.60. The van der Waals surface area contributed by atoms with Gasteiger partial charge in [-0.1, -0.05) is 31.4 Å². The van der Waals surface area contributed by atoms with Gasteiger partial charge in [-0.15, -0.1) is 0 Å². The van der Waals surface area contributed by atoms with Crippen LogP contribution in [0.2, 0.25) is 0 Å². The molecule has 0 spiro atoms. The van der Waals surface area contributed by atoms with E-state index < -0.39 is 0 Å². The van der Waals surface area contributed by atoms with Gasteiger partial charge in [-0.25, -0.2) is 0 Å². The minimum Gasteiger partial charge on any atom is -0.497 e. The molecule has 0 aliphatic carbocycles. The van der Waals surface area contributed by atoms with Crippen LogP contribution in [0.1, 0.15) is 20.3 Å². The van der Waals surface area contributed by atoms with Crippen LogP contribution >= 0.6 is 0 Å². The van der Waals surface area contributed by atoms with E-state index in [4.69, 9.17) is 9.47 Å². The third kappa shape index (κ3) is 8.06. The second-order valence-corrected chi connectivity index (χ2v) is 3.65. The Labute approximate surface area is 99.0 Å². The molecule has 0 saturated carbocycles. The molecule has 0 aliphatic rings. The van der Waals surface area contributed by atoms with Gasteiger partial charge in [-0.3, -0.25) is 0 Å². The number of ether oxygens (including phenoxy) is 2. The van der Waals surface area contributed by atoms with Crippen LogP contribution in [0.3, 0.4) is 0 Å². The summed E-state index contributed by atoms with van der Waals surface area (Å²) in [5.41, 5.74) is 1.15. The van der Waals surface area contributed by atoms with Gasteiger partial charge in [0, 0.05) is 0 Å². The Hall–Kier alpha value is -1.28. The lowest BCUT2D eigenvalue weighted by Gasteiger charge is -2.07. The Bertz CT molecular complexity index is 272. The largest absolute Gasteiger partial charge is 0.497 e. The smallest absolute Gasteiger partial charge is 0.111 e. The molecule has 0 bridgehead atoms. The highest BCUT2D eigenvalue weighted by Crippen LogP contribution is 2.07. The van der Waals surface area contributed by atoms with E-state index in [9.17, 15) is 0 Å². The fourth-order valence-corrected chi connectivity index (χ4v) is 1.05. The zero-order valence-corrected chi connectivity index (χ0v) is 10.5. The van der Waals surface area contributed by atoms with E-state index in [-0.39, 0.29) is 6.10 Å². The highest BCUT2D eigenvalue weighted by Gasteiger charge is 1.96. The summed E-state index contributed by atoms with van der Waals surface area (Å²) in [5.74, 6) is 0.639. The van der Waals surface area contributed by atoms with E-state index in [0.29, 0.717) is 12.4 Å². The molecule has 0 aromatic heterocycles. The van der Waals surface area contributed by atoms with Crippen molar-refractivity contribution in [3.05, 3.63) is 48.8 Å². The number of allylic oxidation sites excluding steroid dienone is 4. The summed E-state index contributed by atoms with van der Waals surface area (Å²) in [7, 11) is 1.60. The molecular formula is C14H22O2. The third-order valence-corrected chi connectivity index (χ3v) is 1.92. The van der Waals surface area contributed by atoms with Crippen LogP contribution in [-0.4, -0.2) is 19.8 Å². The van der Waals surface area contributed by atoms with Gasteiger partial charge in [0.1, 0.15) is 5.76 Å². The molecule has 2 heteroatoms. The highest BCUT2D eigenvalue weighted by molar-refractivity contribution is 5.26. The predicted octanol–water partition coefficient (Wildman–Crippen LogP) is 3.63. The van der Waals surface area contributed by atoms with Gasteiger partial charge in [0.05, 0.1) is 19.8 Å². The molecule has 0 aromatic carbocycles. The maximum absolute atomic E-state index is 5.49. The zero-order valence-electron chi connectivity index (χ0n) is 10.5.